The van der Waals surface area contributed by atoms with Crippen LogP contribution in [0.4, 0.5) is 5.69 Å². The van der Waals surface area contributed by atoms with Crippen molar-refractivity contribution in [3.05, 3.63) is 28.8 Å². The van der Waals surface area contributed by atoms with Gasteiger partial charge in [-0.3, -0.25) is 0 Å². The highest BCUT2D eigenvalue weighted by molar-refractivity contribution is 6.30. The maximum absolute atomic E-state index is 8.92. The summed E-state index contributed by atoms with van der Waals surface area (Å²) in [6.45, 7) is 3.05. The summed E-state index contributed by atoms with van der Waals surface area (Å²) in [5.41, 5.74) is 1.58. The Hall–Kier alpha value is -1.20. The number of nitriles is 1. The van der Waals surface area contributed by atoms with Crippen molar-refractivity contribution in [3.8, 4) is 6.07 Å². The molecule has 1 aromatic rings. The van der Waals surface area contributed by atoms with Crippen LogP contribution in [0.3, 0.4) is 0 Å². The lowest BCUT2D eigenvalue weighted by molar-refractivity contribution is 0.851. The molecule has 0 N–H and O–H groups in total. The molecule has 0 aliphatic rings. The molecule has 0 aromatic heterocycles. The Kier molecular flexibility index (Phi) is 3.79. The van der Waals surface area contributed by atoms with Crippen molar-refractivity contribution in [2.45, 2.75) is 13.3 Å². The SMILES string of the molecule is CCCN(C)c1ccc(Cl)cc1C#N. The van der Waals surface area contributed by atoms with Crippen LogP contribution in [0.15, 0.2) is 18.2 Å². The molecule has 0 saturated carbocycles. The van der Waals surface area contributed by atoms with Crippen molar-refractivity contribution in [2.75, 3.05) is 18.5 Å². The number of hydrogen-bond acceptors (Lipinski definition) is 2. The average molecular weight is 209 g/mol. The van der Waals surface area contributed by atoms with E-state index < -0.39 is 0 Å². The molecule has 14 heavy (non-hydrogen) atoms. The smallest absolute Gasteiger partial charge is 0.101 e. The molecule has 0 fully saturated rings. The second-order valence-corrected chi connectivity index (χ2v) is 3.63. The van der Waals surface area contributed by atoms with Gasteiger partial charge in [0.25, 0.3) is 0 Å². The number of hydrogen-bond donors (Lipinski definition) is 0. The lowest BCUT2D eigenvalue weighted by Gasteiger charge is -2.19. The van der Waals surface area contributed by atoms with E-state index in [-0.39, 0.29) is 0 Å². The zero-order valence-electron chi connectivity index (χ0n) is 8.42. The van der Waals surface area contributed by atoms with Crippen LogP contribution in [0.2, 0.25) is 5.02 Å². The first-order chi connectivity index (χ1) is 6.69. The quantitative estimate of drug-likeness (QED) is 0.764. The van der Waals surface area contributed by atoms with Crippen molar-refractivity contribution in [1.29, 1.82) is 5.26 Å². The Bertz CT molecular complexity index is 355. The van der Waals surface area contributed by atoms with Gasteiger partial charge in [-0.05, 0) is 24.6 Å². The van der Waals surface area contributed by atoms with E-state index in [9.17, 15) is 0 Å². The Balaban J connectivity index is 3.03. The van der Waals surface area contributed by atoms with Gasteiger partial charge < -0.3 is 4.90 Å². The zero-order chi connectivity index (χ0) is 10.6. The van der Waals surface area contributed by atoms with E-state index in [1.54, 1.807) is 6.07 Å². The molecule has 0 bridgehead atoms. The Morgan fingerprint density at radius 1 is 1.50 bits per heavy atom. The van der Waals surface area contributed by atoms with E-state index in [4.69, 9.17) is 16.9 Å². The van der Waals surface area contributed by atoms with Crippen molar-refractivity contribution in [2.24, 2.45) is 0 Å². The molecule has 2 nitrogen and oxygen atoms in total. The number of nitrogens with zero attached hydrogens (tertiary/aromatic N) is 2. The first-order valence-electron chi connectivity index (χ1n) is 4.59. The van der Waals surface area contributed by atoms with Crippen LogP contribution in [0, 0.1) is 11.3 Å². The summed E-state index contributed by atoms with van der Waals surface area (Å²) in [4.78, 5) is 2.06. The highest BCUT2D eigenvalue weighted by Crippen LogP contribution is 2.22. The highest BCUT2D eigenvalue weighted by atomic mass is 35.5. The zero-order valence-corrected chi connectivity index (χ0v) is 9.17. The summed E-state index contributed by atoms with van der Waals surface area (Å²) in [6.07, 6.45) is 1.06. The summed E-state index contributed by atoms with van der Waals surface area (Å²) in [5, 5.41) is 9.53. The third kappa shape index (κ3) is 2.40. The standard InChI is InChI=1S/C11H13ClN2/c1-3-6-14(2)11-5-4-10(12)7-9(11)8-13/h4-5,7H,3,6H2,1-2H3. The summed E-state index contributed by atoms with van der Waals surface area (Å²) in [7, 11) is 1.98. The van der Waals surface area contributed by atoms with Crippen LogP contribution in [0.25, 0.3) is 0 Å². The predicted octanol–water partition coefficient (Wildman–Crippen LogP) is 3.06. The lowest BCUT2D eigenvalue weighted by atomic mass is 10.2. The molecule has 0 radical (unpaired) electrons. The Morgan fingerprint density at radius 3 is 2.79 bits per heavy atom. The minimum atomic E-state index is 0.607. The van der Waals surface area contributed by atoms with Gasteiger partial charge in [-0.25, -0.2) is 0 Å². The van der Waals surface area contributed by atoms with Crippen molar-refractivity contribution in [3.63, 3.8) is 0 Å². The Morgan fingerprint density at radius 2 is 2.21 bits per heavy atom. The second-order valence-electron chi connectivity index (χ2n) is 3.19. The van der Waals surface area contributed by atoms with E-state index in [2.05, 4.69) is 17.9 Å². The molecule has 0 aliphatic heterocycles. The van der Waals surface area contributed by atoms with Crippen molar-refractivity contribution in [1.82, 2.24) is 0 Å². The fourth-order valence-corrected chi connectivity index (χ4v) is 1.56. The van der Waals surface area contributed by atoms with Crippen LogP contribution in [-0.4, -0.2) is 13.6 Å². The van der Waals surface area contributed by atoms with Crippen molar-refractivity contribution >= 4 is 17.3 Å². The van der Waals surface area contributed by atoms with Gasteiger partial charge in [-0.15, -0.1) is 0 Å². The number of benzene rings is 1. The molecule has 74 valence electrons. The highest BCUT2D eigenvalue weighted by Gasteiger charge is 2.06. The summed E-state index contributed by atoms with van der Waals surface area (Å²) in [6, 6.07) is 7.54. The minimum absolute atomic E-state index is 0.607. The predicted molar refractivity (Wildman–Crippen MR) is 59.7 cm³/mol. The number of rotatable bonds is 3. The second kappa shape index (κ2) is 4.88. The molecule has 1 aromatic carbocycles. The van der Waals surface area contributed by atoms with Crippen LogP contribution < -0.4 is 4.90 Å². The van der Waals surface area contributed by atoms with Gasteiger partial charge in [0.1, 0.15) is 6.07 Å². The summed E-state index contributed by atoms with van der Waals surface area (Å²) in [5.74, 6) is 0. The first kappa shape index (κ1) is 10.9. The molecular formula is C11H13ClN2. The van der Waals surface area contributed by atoms with Gasteiger partial charge >= 0.3 is 0 Å². The van der Waals surface area contributed by atoms with Crippen LogP contribution in [0.5, 0.6) is 0 Å². The number of halogens is 1. The van der Waals surface area contributed by atoms with Gasteiger partial charge in [0.2, 0.25) is 0 Å². The van der Waals surface area contributed by atoms with Crippen LogP contribution in [-0.2, 0) is 0 Å². The molecular weight excluding hydrogens is 196 g/mol. The van der Waals surface area contributed by atoms with Crippen LogP contribution in [0.1, 0.15) is 18.9 Å². The van der Waals surface area contributed by atoms with Gasteiger partial charge in [-0.1, -0.05) is 18.5 Å². The summed E-state index contributed by atoms with van der Waals surface area (Å²) < 4.78 is 0. The maximum atomic E-state index is 8.92. The fourth-order valence-electron chi connectivity index (χ4n) is 1.39. The van der Waals surface area contributed by atoms with Gasteiger partial charge in [-0.2, -0.15) is 5.26 Å². The molecule has 0 saturated heterocycles. The number of anilines is 1. The molecule has 0 amide bonds. The molecule has 0 atom stereocenters. The molecule has 0 aliphatic carbocycles. The molecule has 0 spiro atoms. The van der Waals surface area contributed by atoms with Crippen molar-refractivity contribution < 1.29 is 0 Å². The van der Waals surface area contributed by atoms with E-state index in [0.29, 0.717) is 10.6 Å². The van der Waals surface area contributed by atoms with Gasteiger partial charge in [0, 0.05) is 18.6 Å². The lowest BCUT2D eigenvalue weighted by Crippen LogP contribution is -2.18. The monoisotopic (exact) mass is 208 g/mol. The first-order valence-corrected chi connectivity index (χ1v) is 4.97. The van der Waals surface area contributed by atoms with Gasteiger partial charge in [0.05, 0.1) is 11.3 Å². The third-order valence-corrected chi connectivity index (χ3v) is 2.28. The maximum Gasteiger partial charge on any atom is 0.101 e. The molecule has 1 rings (SSSR count). The third-order valence-electron chi connectivity index (χ3n) is 2.05. The summed E-state index contributed by atoms with van der Waals surface area (Å²) >= 11 is 5.81. The largest absolute Gasteiger partial charge is 0.374 e. The van der Waals surface area contributed by atoms with E-state index in [0.717, 1.165) is 18.7 Å². The normalized spacial score (nSPS) is 9.57. The van der Waals surface area contributed by atoms with E-state index in [1.165, 1.54) is 0 Å². The topological polar surface area (TPSA) is 27.0 Å². The fraction of sp³-hybridized carbons (Fsp3) is 0.364. The molecule has 0 unspecified atom stereocenters. The molecule has 3 heteroatoms. The van der Waals surface area contributed by atoms with Gasteiger partial charge in [0.15, 0.2) is 0 Å². The molecule has 0 heterocycles. The van der Waals surface area contributed by atoms with Crippen LogP contribution >= 0.6 is 11.6 Å². The average Bonchev–Trinajstić information content (AvgIpc) is 2.17. The van der Waals surface area contributed by atoms with E-state index >= 15 is 0 Å². The van der Waals surface area contributed by atoms with E-state index in [1.807, 2.05) is 19.2 Å². The minimum Gasteiger partial charge on any atom is -0.374 e. The Labute approximate surface area is 89.7 Å².